The van der Waals surface area contributed by atoms with Gasteiger partial charge in [-0.05, 0) is 36.8 Å². The zero-order valence-electron chi connectivity index (χ0n) is 16.2. The summed E-state index contributed by atoms with van der Waals surface area (Å²) in [6.45, 7) is 2.30. The number of hydrogen-bond acceptors (Lipinski definition) is 4. The number of nitrogens with one attached hydrogen (secondary N) is 1. The van der Waals surface area contributed by atoms with Gasteiger partial charge < -0.3 is 14.8 Å². The summed E-state index contributed by atoms with van der Waals surface area (Å²) in [7, 11) is 0. The molecular formula is C24H23NO4. The minimum atomic E-state index is -0.900. The number of esters is 1. The molecule has 0 aliphatic heterocycles. The van der Waals surface area contributed by atoms with Crippen LogP contribution in [0.5, 0.6) is 5.75 Å². The lowest BCUT2D eigenvalue weighted by Gasteiger charge is -2.18. The number of amides is 1. The van der Waals surface area contributed by atoms with E-state index in [1.165, 1.54) is 0 Å². The highest BCUT2D eigenvalue weighted by Gasteiger charge is 2.24. The molecule has 29 heavy (non-hydrogen) atoms. The van der Waals surface area contributed by atoms with E-state index in [2.05, 4.69) is 5.32 Å². The van der Waals surface area contributed by atoms with Crippen molar-refractivity contribution in [3.05, 3.63) is 102 Å². The van der Waals surface area contributed by atoms with E-state index < -0.39 is 12.0 Å². The second-order valence-corrected chi connectivity index (χ2v) is 6.51. The summed E-state index contributed by atoms with van der Waals surface area (Å²) in [6.07, 6.45) is 0. The second-order valence-electron chi connectivity index (χ2n) is 6.51. The molecule has 0 fully saturated rings. The SMILES string of the molecule is Cc1ccc(OCCOC(=O)C(NC(=O)c2ccccc2)c2ccccc2)cc1. The van der Waals surface area contributed by atoms with E-state index in [-0.39, 0.29) is 19.1 Å². The van der Waals surface area contributed by atoms with Gasteiger partial charge in [0.1, 0.15) is 19.0 Å². The van der Waals surface area contributed by atoms with Crippen LogP contribution in [-0.4, -0.2) is 25.1 Å². The minimum absolute atomic E-state index is 0.0806. The molecule has 5 nitrogen and oxygen atoms in total. The highest BCUT2D eigenvalue weighted by molar-refractivity contribution is 5.97. The van der Waals surface area contributed by atoms with Crippen LogP contribution in [0, 0.1) is 6.92 Å². The topological polar surface area (TPSA) is 64.6 Å². The maximum Gasteiger partial charge on any atom is 0.333 e. The largest absolute Gasteiger partial charge is 0.490 e. The minimum Gasteiger partial charge on any atom is -0.490 e. The molecule has 0 aliphatic carbocycles. The average Bonchev–Trinajstić information content (AvgIpc) is 2.77. The molecule has 3 aromatic rings. The Bertz CT molecular complexity index is 924. The summed E-state index contributed by atoms with van der Waals surface area (Å²) in [4.78, 5) is 25.2. The zero-order valence-corrected chi connectivity index (χ0v) is 16.2. The average molecular weight is 389 g/mol. The van der Waals surface area contributed by atoms with Crippen LogP contribution >= 0.6 is 0 Å². The van der Waals surface area contributed by atoms with Gasteiger partial charge in [-0.15, -0.1) is 0 Å². The van der Waals surface area contributed by atoms with Gasteiger partial charge in [0.15, 0.2) is 6.04 Å². The van der Waals surface area contributed by atoms with Crippen LogP contribution in [0.2, 0.25) is 0 Å². The van der Waals surface area contributed by atoms with E-state index in [1.807, 2.05) is 55.5 Å². The van der Waals surface area contributed by atoms with Crippen molar-refractivity contribution in [2.75, 3.05) is 13.2 Å². The van der Waals surface area contributed by atoms with E-state index in [0.717, 1.165) is 5.56 Å². The van der Waals surface area contributed by atoms with Crippen molar-refractivity contribution in [3.8, 4) is 5.75 Å². The maximum atomic E-state index is 12.7. The van der Waals surface area contributed by atoms with Crippen molar-refractivity contribution >= 4 is 11.9 Å². The van der Waals surface area contributed by atoms with E-state index in [1.54, 1.807) is 36.4 Å². The first-order valence-electron chi connectivity index (χ1n) is 9.40. The fourth-order valence-electron chi connectivity index (χ4n) is 2.75. The first-order valence-corrected chi connectivity index (χ1v) is 9.40. The number of ether oxygens (including phenoxy) is 2. The van der Waals surface area contributed by atoms with Crippen molar-refractivity contribution in [2.24, 2.45) is 0 Å². The predicted molar refractivity (Wildman–Crippen MR) is 111 cm³/mol. The van der Waals surface area contributed by atoms with Crippen molar-refractivity contribution in [2.45, 2.75) is 13.0 Å². The lowest BCUT2D eigenvalue weighted by Crippen LogP contribution is -2.35. The monoisotopic (exact) mass is 389 g/mol. The molecule has 3 rings (SSSR count). The van der Waals surface area contributed by atoms with Gasteiger partial charge in [-0.25, -0.2) is 4.79 Å². The number of carbonyl (C=O) groups is 2. The van der Waals surface area contributed by atoms with Crippen molar-refractivity contribution in [3.63, 3.8) is 0 Å². The Morgan fingerprint density at radius 2 is 1.45 bits per heavy atom. The molecule has 1 unspecified atom stereocenters. The third-order valence-corrected chi connectivity index (χ3v) is 4.30. The van der Waals surface area contributed by atoms with Gasteiger partial charge in [-0.1, -0.05) is 66.2 Å². The number of rotatable bonds is 8. The highest BCUT2D eigenvalue weighted by atomic mass is 16.6. The van der Waals surface area contributed by atoms with E-state index in [4.69, 9.17) is 9.47 Å². The molecule has 0 radical (unpaired) electrons. The van der Waals surface area contributed by atoms with Crippen LogP contribution in [0.3, 0.4) is 0 Å². The summed E-state index contributed by atoms with van der Waals surface area (Å²) in [5.74, 6) is -0.163. The Morgan fingerprint density at radius 1 is 0.828 bits per heavy atom. The van der Waals surface area contributed by atoms with Gasteiger partial charge in [0.05, 0.1) is 0 Å². The van der Waals surface area contributed by atoms with Crippen molar-refractivity contribution in [1.82, 2.24) is 5.32 Å². The molecule has 0 spiro atoms. The third kappa shape index (κ3) is 5.94. The molecule has 0 aromatic heterocycles. The molecule has 1 amide bonds. The third-order valence-electron chi connectivity index (χ3n) is 4.30. The van der Waals surface area contributed by atoms with Gasteiger partial charge in [0.2, 0.25) is 0 Å². The van der Waals surface area contributed by atoms with Crippen molar-refractivity contribution in [1.29, 1.82) is 0 Å². The Morgan fingerprint density at radius 3 is 2.10 bits per heavy atom. The Balaban J connectivity index is 1.60. The van der Waals surface area contributed by atoms with Crippen molar-refractivity contribution < 1.29 is 19.1 Å². The molecule has 0 saturated heterocycles. The summed E-state index contributed by atoms with van der Waals surface area (Å²) in [5.41, 5.74) is 2.27. The first kappa shape index (κ1) is 20.1. The molecule has 5 heteroatoms. The van der Waals surface area contributed by atoms with Gasteiger partial charge in [0, 0.05) is 5.56 Å². The highest BCUT2D eigenvalue weighted by Crippen LogP contribution is 2.16. The summed E-state index contributed by atoms with van der Waals surface area (Å²) in [5, 5.41) is 2.76. The molecular weight excluding hydrogens is 366 g/mol. The van der Waals surface area contributed by atoms with Crippen LogP contribution in [0.4, 0.5) is 0 Å². The quantitative estimate of drug-likeness (QED) is 0.466. The van der Waals surface area contributed by atoms with E-state index in [0.29, 0.717) is 16.9 Å². The Labute approximate surface area is 170 Å². The molecule has 1 N–H and O–H groups in total. The van der Waals surface area contributed by atoms with Gasteiger partial charge in [-0.3, -0.25) is 4.79 Å². The van der Waals surface area contributed by atoms with E-state index >= 15 is 0 Å². The fraction of sp³-hybridized carbons (Fsp3) is 0.167. The molecule has 148 valence electrons. The van der Waals surface area contributed by atoms with Crippen LogP contribution in [0.1, 0.15) is 27.5 Å². The van der Waals surface area contributed by atoms with Crippen LogP contribution in [0.25, 0.3) is 0 Å². The maximum absolute atomic E-state index is 12.7. The van der Waals surface area contributed by atoms with Crippen LogP contribution < -0.4 is 10.1 Å². The predicted octanol–water partition coefficient (Wildman–Crippen LogP) is 4.09. The molecule has 1 atom stereocenters. The standard InChI is InChI=1S/C24H23NO4/c1-18-12-14-21(15-13-18)28-16-17-29-24(27)22(19-8-4-2-5-9-19)25-23(26)20-10-6-3-7-11-20/h2-15,22H,16-17H2,1H3,(H,25,26). The normalized spacial score (nSPS) is 11.3. The number of aryl methyl sites for hydroxylation is 1. The number of benzene rings is 3. The molecule has 0 heterocycles. The van der Waals surface area contributed by atoms with Crippen LogP contribution in [0.15, 0.2) is 84.9 Å². The van der Waals surface area contributed by atoms with Gasteiger partial charge >= 0.3 is 5.97 Å². The van der Waals surface area contributed by atoms with E-state index in [9.17, 15) is 9.59 Å². The van der Waals surface area contributed by atoms with Gasteiger partial charge in [0.25, 0.3) is 5.91 Å². The fourth-order valence-corrected chi connectivity index (χ4v) is 2.75. The summed E-state index contributed by atoms with van der Waals surface area (Å²) >= 11 is 0. The molecule has 0 saturated carbocycles. The smallest absolute Gasteiger partial charge is 0.333 e. The van der Waals surface area contributed by atoms with Crippen LogP contribution in [-0.2, 0) is 9.53 Å². The lowest BCUT2D eigenvalue weighted by atomic mass is 10.1. The molecule has 3 aromatic carbocycles. The second kappa shape index (κ2) is 10.1. The molecule has 0 bridgehead atoms. The molecule has 0 aliphatic rings. The first-order chi connectivity index (χ1) is 14.1. The lowest BCUT2D eigenvalue weighted by molar-refractivity contribution is -0.146. The Hall–Kier alpha value is -3.60. The van der Waals surface area contributed by atoms with Gasteiger partial charge in [-0.2, -0.15) is 0 Å². The summed E-state index contributed by atoms with van der Waals surface area (Å²) < 4.78 is 10.9. The number of carbonyl (C=O) groups excluding carboxylic acids is 2. The number of hydrogen-bond donors (Lipinski definition) is 1. The summed E-state index contributed by atoms with van der Waals surface area (Å²) in [6, 6.07) is 24.5. The Kier molecular flexibility index (Phi) is 7.00. The zero-order chi connectivity index (χ0) is 20.5.